The van der Waals surface area contributed by atoms with Gasteiger partial charge >= 0.3 is 0 Å². The summed E-state index contributed by atoms with van der Waals surface area (Å²) in [5, 5.41) is 0. The van der Waals surface area contributed by atoms with Gasteiger partial charge in [0.15, 0.2) is 23.1 Å². The first-order chi connectivity index (χ1) is 11.7. The number of imidazole rings is 1. The van der Waals surface area contributed by atoms with Crippen LogP contribution in [0.5, 0.6) is 5.75 Å². The second-order valence-corrected chi connectivity index (χ2v) is 5.45. The number of aromatic nitrogens is 4. The van der Waals surface area contributed by atoms with Crippen molar-refractivity contribution in [1.82, 2.24) is 19.5 Å². The fourth-order valence-electron chi connectivity index (χ4n) is 2.45. The smallest absolute Gasteiger partial charge is 0.274 e. The van der Waals surface area contributed by atoms with E-state index in [2.05, 4.69) is 21.9 Å². The minimum atomic E-state index is -0.610. The molecule has 7 heteroatoms. The third-order valence-electron chi connectivity index (χ3n) is 3.72. The first-order valence-electron chi connectivity index (χ1n) is 7.90. The highest BCUT2D eigenvalue weighted by Gasteiger charge is 2.24. The number of anilines is 1. The van der Waals surface area contributed by atoms with Crippen molar-refractivity contribution in [2.24, 2.45) is 0 Å². The zero-order valence-corrected chi connectivity index (χ0v) is 13.4. The highest BCUT2D eigenvalue weighted by atomic mass is 16.5. The first-order valence-corrected chi connectivity index (χ1v) is 7.90. The van der Waals surface area contributed by atoms with Gasteiger partial charge in [-0.3, -0.25) is 4.79 Å². The number of ether oxygens (including phenoxy) is 1. The van der Waals surface area contributed by atoms with Crippen LogP contribution in [0.15, 0.2) is 43.0 Å². The van der Waals surface area contributed by atoms with Crippen LogP contribution in [0.4, 0.5) is 5.82 Å². The molecule has 2 N–H and O–H groups in total. The Labute approximate surface area is 139 Å². The van der Waals surface area contributed by atoms with Gasteiger partial charge in [-0.2, -0.15) is 0 Å². The van der Waals surface area contributed by atoms with Gasteiger partial charge in [-0.05, 0) is 25.0 Å². The molecule has 0 aliphatic heterocycles. The van der Waals surface area contributed by atoms with Crippen molar-refractivity contribution >= 4 is 22.9 Å². The summed E-state index contributed by atoms with van der Waals surface area (Å²) in [5.74, 6) is 0.694. The standard InChI is InChI=1S/C17H19N5O2/c1-2-3-9-13(24-12-7-5-4-6-8-12)17(23)22-11-21-14-15(18)19-10-20-16(14)22/h4-8,10-11,13H,2-3,9H2,1H3,(H2,18,19,20). The summed E-state index contributed by atoms with van der Waals surface area (Å²) < 4.78 is 7.29. The monoisotopic (exact) mass is 325 g/mol. The van der Waals surface area contributed by atoms with E-state index in [9.17, 15) is 4.79 Å². The molecule has 1 atom stereocenters. The maximum atomic E-state index is 12.9. The molecule has 1 unspecified atom stereocenters. The highest BCUT2D eigenvalue weighted by molar-refractivity contribution is 5.93. The summed E-state index contributed by atoms with van der Waals surface area (Å²) in [5.41, 5.74) is 6.59. The van der Waals surface area contributed by atoms with Gasteiger partial charge in [0, 0.05) is 0 Å². The molecule has 7 nitrogen and oxygen atoms in total. The minimum Gasteiger partial charge on any atom is -0.481 e. The van der Waals surface area contributed by atoms with E-state index in [0.717, 1.165) is 12.8 Å². The third kappa shape index (κ3) is 3.19. The molecule has 0 fully saturated rings. The van der Waals surface area contributed by atoms with Crippen molar-refractivity contribution in [1.29, 1.82) is 0 Å². The zero-order chi connectivity index (χ0) is 16.9. The van der Waals surface area contributed by atoms with Crippen molar-refractivity contribution in [3.8, 4) is 5.75 Å². The number of nitrogens with two attached hydrogens (primary N) is 1. The molecular formula is C17H19N5O2. The third-order valence-corrected chi connectivity index (χ3v) is 3.72. The van der Waals surface area contributed by atoms with Crippen LogP contribution in [0, 0.1) is 0 Å². The normalized spacial score (nSPS) is 12.2. The Balaban J connectivity index is 1.91. The summed E-state index contributed by atoms with van der Waals surface area (Å²) in [7, 11) is 0. The van der Waals surface area contributed by atoms with Gasteiger partial charge < -0.3 is 10.5 Å². The maximum Gasteiger partial charge on any atom is 0.274 e. The Bertz CT molecular complexity index is 831. The molecule has 0 aliphatic rings. The van der Waals surface area contributed by atoms with Crippen LogP contribution in [-0.2, 0) is 0 Å². The minimum absolute atomic E-state index is 0.215. The average Bonchev–Trinajstić information content (AvgIpc) is 3.04. The summed E-state index contributed by atoms with van der Waals surface area (Å²) in [6.45, 7) is 2.07. The topological polar surface area (TPSA) is 95.9 Å². The van der Waals surface area contributed by atoms with E-state index < -0.39 is 6.10 Å². The van der Waals surface area contributed by atoms with Gasteiger partial charge in [-0.15, -0.1) is 0 Å². The molecule has 0 spiro atoms. The molecule has 1 aromatic carbocycles. The lowest BCUT2D eigenvalue weighted by Gasteiger charge is -2.18. The Morgan fingerprint density at radius 3 is 2.79 bits per heavy atom. The lowest BCUT2D eigenvalue weighted by atomic mass is 10.1. The quantitative estimate of drug-likeness (QED) is 0.748. The molecule has 2 aromatic heterocycles. The number of carbonyl (C=O) groups is 1. The largest absolute Gasteiger partial charge is 0.481 e. The van der Waals surface area contributed by atoms with Gasteiger partial charge in [0.2, 0.25) is 0 Å². The number of nitrogens with zero attached hydrogens (tertiary/aromatic N) is 4. The molecule has 3 aromatic rings. The molecule has 0 amide bonds. The van der Waals surface area contributed by atoms with Crippen LogP contribution < -0.4 is 10.5 Å². The number of benzene rings is 1. The van der Waals surface area contributed by atoms with Gasteiger partial charge in [-0.25, -0.2) is 19.5 Å². The van der Waals surface area contributed by atoms with E-state index in [-0.39, 0.29) is 11.7 Å². The van der Waals surface area contributed by atoms with E-state index in [1.54, 1.807) is 0 Å². The Hall–Kier alpha value is -2.96. The first kappa shape index (κ1) is 15.9. The molecule has 3 rings (SSSR count). The number of carbonyl (C=O) groups excluding carboxylic acids is 1. The molecule has 0 radical (unpaired) electrons. The number of fused-ring (bicyclic) bond motifs is 1. The second-order valence-electron chi connectivity index (χ2n) is 5.45. The summed E-state index contributed by atoms with van der Waals surface area (Å²) in [4.78, 5) is 25.1. The maximum absolute atomic E-state index is 12.9. The predicted octanol–water partition coefficient (Wildman–Crippen LogP) is 2.69. The van der Waals surface area contributed by atoms with Crippen molar-refractivity contribution in [2.75, 3.05) is 5.73 Å². The van der Waals surface area contributed by atoms with Crippen LogP contribution in [-0.4, -0.2) is 31.5 Å². The summed E-state index contributed by atoms with van der Waals surface area (Å²) >= 11 is 0. The van der Waals surface area contributed by atoms with E-state index >= 15 is 0 Å². The molecule has 0 saturated carbocycles. The molecule has 0 saturated heterocycles. The van der Waals surface area contributed by atoms with Crippen molar-refractivity contribution in [3.63, 3.8) is 0 Å². The molecule has 0 aliphatic carbocycles. The van der Waals surface area contributed by atoms with E-state index in [4.69, 9.17) is 10.5 Å². The predicted molar refractivity (Wildman–Crippen MR) is 90.7 cm³/mol. The fraction of sp³-hybridized carbons (Fsp3) is 0.294. The lowest BCUT2D eigenvalue weighted by Crippen LogP contribution is -2.32. The Kier molecular flexibility index (Phi) is 4.69. The van der Waals surface area contributed by atoms with Crippen molar-refractivity contribution in [2.45, 2.75) is 32.3 Å². The number of hydrogen-bond acceptors (Lipinski definition) is 6. The van der Waals surface area contributed by atoms with Crippen LogP contribution in [0.25, 0.3) is 11.2 Å². The molecule has 124 valence electrons. The van der Waals surface area contributed by atoms with Crippen molar-refractivity contribution in [3.05, 3.63) is 43.0 Å². The summed E-state index contributed by atoms with van der Waals surface area (Å²) in [6, 6.07) is 9.31. The molecule has 0 bridgehead atoms. The molecule has 2 heterocycles. The fourth-order valence-corrected chi connectivity index (χ4v) is 2.45. The van der Waals surface area contributed by atoms with Gasteiger partial charge in [-0.1, -0.05) is 31.5 Å². The summed E-state index contributed by atoms with van der Waals surface area (Å²) in [6.07, 6.45) is 4.60. The molecule has 24 heavy (non-hydrogen) atoms. The van der Waals surface area contributed by atoms with E-state index in [1.807, 2.05) is 30.3 Å². The second kappa shape index (κ2) is 7.08. The number of unbranched alkanes of at least 4 members (excludes halogenated alkanes) is 1. The number of hydrogen-bond donors (Lipinski definition) is 1. The molecular weight excluding hydrogens is 306 g/mol. The van der Waals surface area contributed by atoms with Crippen molar-refractivity contribution < 1.29 is 9.53 Å². The Morgan fingerprint density at radius 1 is 1.25 bits per heavy atom. The van der Waals surface area contributed by atoms with Gasteiger partial charge in [0.1, 0.15) is 18.4 Å². The number of nitrogen functional groups attached to an aromatic ring is 1. The number of rotatable bonds is 6. The average molecular weight is 325 g/mol. The zero-order valence-electron chi connectivity index (χ0n) is 13.4. The van der Waals surface area contributed by atoms with Crippen LogP contribution in [0.1, 0.15) is 31.0 Å². The van der Waals surface area contributed by atoms with E-state index in [0.29, 0.717) is 23.3 Å². The Morgan fingerprint density at radius 2 is 2.04 bits per heavy atom. The lowest BCUT2D eigenvalue weighted by molar-refractivity contribution is 0.0687. The van der Waals surface area contributed by atoms with E-state index in [1.165, 1.54) is 17.2 Å². The van der Waals surface area contributed by atoms with Gasteiger partial charge in [0.25, 0.3) is 5.91 Å². The number of para-hydroxylation sites is 1. The SMILES string of the molecule is CCCCC(Oc1ccccc1)C(=O)n1cnc2c(N)ncnc21. The van der Waals surface area contributed by atoms with Crippen LogP contribution in [0.2, 0.25) is 0 Å². The van der Waals surface area contributed by atoms with Gasteiger partial charge in [0.05, 0.1) is 0 Å². The van der Waals surface area contributed by atoms with Crippen LogP contribution in [0.3, 0.4) is 0 Å². The van der Waals surface area contributed by atoms with Crippen LogP contribution >= 0.6 is 0 Å². The highest BCUT2D eigenvalue weighted by Crippen LogP contribution is 2.19.